The topological polar surface area (TPSA) is 69.0 Å². The van der Waals surface area contributed by atoms with Crippen LogP contribution in [0.15, 0.2) is 29.4 Å². The van der Waals surface area contributed by atoms with Crippen molar-refractivity contribution in [3.05, 3.63) is 35.7 Å². The highest BCUT2D eigenvalue weighted by Gasteiger charge is 2.24. The second-order valence-electron chi connectivity index (χ2n) is 8.06. The first kappa shape index (κ1) is 19.7. The summed E-state index contributed by atoms with van der Waals surface area (Å²) < 4.78 is 7.93. The number of benzene rings is 1. The molecular formula is C20H28N4O2S. The predicted molar refractivity (Wildman–Crippen MR) is 107 cm³/mol. The van der Waals surface area contributed by atoms with E-state index in [1.165, 1.54) is 17.3 Å². The first-order chi connectivity index (χ1) is 12.7. The molecule has 6 nitrogen and oxygen atoms in total. The minimum atomic E-state index is -0.238. The lowest BCUT2D eigenvalue weighted by Gasteiger charge is -2.20. The van der Waals surface area contributed by atoms with Crippen molar-refractivity contribution in [2.24, 2.45) is 7.05 Å². The number of hydrogen-bond acceptors (Lipinski definition) is 5. The third kappa shape index (κ3) is 5.25. The lowest BCUT2D eigenvalue weighted by atomic mass is 9.87. The molecule has 0 spiro atoms. The Morgan fingerprint density at radius 3 is 2.56 bits per heavy atom. The molecule has 146 valence electrons. The molecule has 1 aromatic carbocycles. The largest absolute Gasteiger partial charge is 0.483 e. The summed E-state index contributed by atoms with van der Waals surface area (Å²) in [6.07, 6.45) is 1.95. The van der Waals surface area contributed by atoms with E-state index in [1.54, 1.807) is 0 Å². The van der Waals surface area contributed by atoms with E-state index in [-0.39, 0.29) is 17.4 Å². The summed E-state index contributed by atoms with van der Waals surface area (Å²) in [5, 5.41) is 12.2. The molecule has 1 unspecified atom stereocenters. The molecule has 1 fully saturated rings. The van der Waals surface area contributed by atoms with Gasteiger partial charge in [0.1, 0.15) is 5.75 Å². The van der Waals surface area contributed by atoms with Crippen LogP contribution in [-0.2, 0) is 17.3 Å². The molecule has 0 radical (unpaired) electrons. The first-order valence-corrected chi connectivity index (χ1v) is 10.3. The Balaban J connectivity index is 1.58. The Bertz CT molecular complexity index is 791. The Kier molecular flexibility index (Phi) is 5.79. The van der Waals surface area contributed by atoms with Gasteiger partial charge in [0.05, 0.1) is 5.75 Å². The summed E-state index contributed by atoms with van der Waals surface area (Å²) in [7, 11) is 1.90. The van der Waals surface area contributed by atoms with Crippen LogP contribution in [0.4, 0.5) is 0 Å². The highest BCUT2D eigenvalue weighted by molar-refractivity contribution is 7.99. The SMILES string of the molecule is CC(Oc1ccc(C(C)(C)C)cc1)c1nnc(SCC(=O)NC2CC2)n1C. The number of nitrogens with one attached hydrogen (secondary N) is 1. The predicted octanol–water partition coefficient (Wildman–Crippen LogP) is 3.62. The fourth-order valence-corrected chi connectivity index (χ4v) is 3.45. The summed E-state index contributed by atoms with van der Waals surface area (Å²) in [6.45, 7) is 8.52. The molecule has 1 atom stereocenters. The lowest BCUT2D eigenvalue weighted by molar-refractivity contribution is -0.118. The minimum Gasteiger partial charge on any atom is -0.483 e. The van der Waals surface area contributed by atoms with Gasteiger partial charge in [-0.25, -0.2) is 0 Å². The van der Waals surface area contributed by atoms with Gasteiger partial charge in [-0.2, -0.15) is 0 Å². The number of ether oxygens (including phenoxy) is 1. The van der Waals surface area contributed by atoms with Gasteiger partial charge in [-0.05, 0) is 42.9 Å². The van der Waals surface area contributed by atoms with Crippen LogP contribution >= 0.6 is 11.8 Å². The molecule has 1 aliphatic carbocycles. The Labute approximate surface area is 165 Å². The van der Waals surface area contributed by atoms with Crippen molar-refractivity contribution in [1.82, 2.24) is 20.1 Å². The van der Waals surface area contributed by atoms with Gasteiger partial charge in [0.25, 0.3) is 0 Å². The molecule has 1 aliphatic rings. The zero-order chi connectivity index (χ0) is 19.6. The van der Waals surface area contributed by atoms with Crippen molar-refractivity contribution >= 4 is 17.7 Å². The fourth-order valence-electron chi connectivity index (χ4n) is 2.72. The molecule has 0 bridgehead atoms. The zero-order valence-electron chi connectivity index (χ0n) is 16.7. The number of nitrogens with zero attached hydrogens (tertiary/aromatic N) is 3. The number of aromatic nitrogens is 3. The molecule has 0 aliphatic heterocycles. The average molecular weight is 389 g/mol. The van der Waals surface area contributed by atoms with Crippen LogP contribution in [0.2, 0.25) is 0 Å². The van der Waals surface area contributed by atoms with Crippen molar-refractivity contribution < 1.29 is 9.53 Å². The highest BCUT2D eigenvalue weighted by Crippen LogP contribution is 2.27. The van der Waals surface area contributed by atoms with Gasteiger partial charge in [0, 0.05) is 13.1 Å². The van der Waals surface area contributed by atoms with Crippen LogP contribution < -0.4 is 10.1 Å². The number of hydrogen-bond donors (Lipinski definition) is 1. The van der Waals surface area contributed by atoms with Gasteiger partial charge in [0.15, 0.2) is 17.1 Å². The van der Waals surface area contributed by atoms with Crippen LogP contribution in [0.5, 0.6) is 5.75 Å². The monoisotopic (exact) mass is 388 g/mol. The molecule has 2 aromatic rings. The van der Waals surface area contributed by atoms with Crippen molar-refractivity contribution in [3.63, 3.8) is 0 Å². The number of amides is 1. The van der Waals surface area contributed by atoms with Gasteiger partial charge >= 0.3 is 0 Å². The van der Waals surface area contributed by atoms with Crippen LogP contribution in [-0.4, -0.2) is 32.5 Å². The Morgan fingerprint density at radius 2 is 1.96 bits per heavy atom. The van der Waals surface area contributed by atoms with Gasteiger partial charge in [-0.15, -0.1) is 10.2 Å². The molecule has 1 saturated carbocycles. The van der Waals surface area contributed by atoms with E-state index in [4.69, 9.17) is 4.74 Å². The smallest absolute Gasteiger partial charge is 0.230 e. The molecule has 1 heterocycles. The van der Waals surface area contributed by atoms with Crippen LogP contribution in [0, 0.1) is 0 Å². The number of carbonyl (C=O) groups is 1. The van der Waals surface area contributed by atoms with E-state index in [9.17, 15) is 4.79 Å². The maximum Gasteiger partial charge on any atom is 0.230 e. The lowest BCUT2D eigenvalue weighted by Crippen LogP contribution is -2.27. The van der Waals surface area contributed by atoms with Gasteiger partial charge in [-0.3, -0.25) is 4.79 Å². The minimum absolute atomic E-state index is 0.0512. The fraction of sp³-hybridized carbons (Fsp3) is 0.550. The second-order valence-corrected chi connectivity index (χ2v) is 9.01. The van der Waals surface area contributed by atoms with Crippen molar-refractivity contribution in [2.45, 2.75) is 63.3 Å². The highest BCUT2D eigenvalue weighted by atomic mass is 32.2. The first-order valence-electron chi connectivity index (χ1n) is 9.32. The van der Waals surface area contributed by atoms with E-state index in [1.807, 2.05) is 30.7 Å². The van der Waals surface area contributed by atoms with E-state index in [0.29, 0.717) is 11.8 Å². The Morgan fingerprint density at radius 1 is 1.30 bits per heavy atom. The summed E-state index contributed by atoms with van der Waals surface area (Å²) in [4.78, 5) is 11.8. The number of thioether (sulfide) groups is 1. The maximum absolute atomic E-state index is 11.8. The van der Waals surface area contributed by atoms with Crippen molar-refractivity contribution in [2.75, 3.05) is 5.75 Å². The maximum atomic E-state index is 11.8. The summed E-state index contributed by atoms with van der Waals surface area (Å²) in [5.74, 6) is 1.94. The van der Waals surface area contributed by atoms with Gasteiger partial charge in [0.2, 0.25) is 5.91 Å². The van der Waals surface area contributed by atoms with E-state index >= 15 is 0 Å². The molecule has 7 heteroatoms. The van der Waals surface area contributed by atoms with Crippen molar-refractivity contribution in [3.8, 4) is 5.75 Å². The van der Waals surface area contributed by atoms with Gasteiger partial charge < -0.3 is 14.6 Å². The van der Waals surface area contributed by atoms with Crippen LogP contribution in [0.3, 0.4) is 0 Å². The summed E-state index contributed by atoms with van der Waals surface area (Å²) in [6, 6.07) is 8.56. The summed E-state index contributed by atoms with van der Waals surface area (Å²) in [5.41, 5.74) is 1.38. The van der Waals surface area contributed by atoms with Crippen molar-refractivity contribution in [1.29, 1.82) is 0 Å². The average Bonchev–Trinajstić information content (AvgIpc) is 3.33. The standard InChI is InChI=1S/C20H28N4O2S/c1-13(26-16-10-6-14(7-11-16)20(2,3)4)18-22-23-19(24(18)5)27-12-17(25)21-15-8-9-15/h6-7,10-11,13,15H,8-9,12H2,1-5H3,(H,21,25). The Hall–Kier alpha value is -2.02. The number of rotatable bonds is 7. The van der Waals surface area contributed by atoms with Gasteiger partial charge in [-0.1, -0.05) is 44.7 Å². The molecule has 27 heavy (non-hydrogen) atoms. The van der Waals surface area contributed by atoms with E-state index in [0.717, 1.165) is 29.6 Å². The molecular weight excluding hydrogens is 360 g/mol. The molecule has 0 saturated heterocycles. The van der Waals surface area contributed by atoms with Crippen LogP contribution in [0.1, 0.15) is 58.0 Å². The third-order valence-corrected chi connectivity index (χ3v) is 5.56. The molecule has 3 rings (SSSR count). The number of carbonyl (C=O) groups excluding carboxylic acids is 1. The third-order valence-electron chi connectivity index (χ3n) is 4.54. The second kappa shape index (κ2) is 7.92. The molecule has 1 aromatic heterocycles. The summed E-state index contributed by atoms with van der Waals surface area (Å²) >= 11 is 1.40. The molecule has 1 amide bonds. The van der Waals surface area contributed by atoms with Crippen LogP contribution in [0.25, 0.3) is 0 Å². The van der Waals surface area contributed by atoms with E-state index < -0.39 is 0 Å². The molecule has 1 N–H and O–H groups in total. The zero-order valence-corrected chi connectivity index (χ0v) is 17.5. The normalized spacial score (nSPS) is 15.4. The van der Waals surface area contributed by atoms with E-state index in [2.05, 4.69) is 48.4 Å². The quantitative estimate of drug-likeness (QED) is 0.734.